The lowest BCUT2D eigenvalue weighted by molar-refractivity contribution is 0.0738. The fourth-order valence-electron chi connectivity index (χ4n) is 3.16. The van der Waals surface area contributed by atoms with Gasteiger partial charge in [-0.2, -0.15) is 0 Å². The van der Waals surface area contributed by atoms with Gasteiger partial charge in [0.2, 0.25) is 0 Å². The number of likely N-dealkylation sites (tertiary alicyclic amines) is 1. The second-order valence-corrected chi connectivity index (χ2v) is 7.20. The molecule has 2 atom stereocenters. The molecule has 1 saturated heterocycles. The molecule has 0 bridgehead atoms. The van der Waals surface area contributed by atoms with Crippen LogP contribution in [0.3, 0.4) is 0 Å². The summed E-state index contributed by atoms with van der Waals surface area (Å²) in [5, 5.41) is 2.92. The van der Waals surface area contributed by atoms with E-state index in [1.165, 1.54) is 5.56 Å². The zero-order valence-corrected chi connectivity index (χ0v) is 14.3. The Balaban J connectivity index is 1.61. The molecule has 1 aliphatic rings. The predicted octanol–water partition coefficient (Wildman–Crippen LogP) is 2.74. The fraction of sp³-hybridized carbons (Fsp3) is 0.444. The number of benzene rings is 1. The Bertz CT molecular complexity index is 655. The van der Waals surface area contributed by atoms with Crippen LogP contribution in [0, 0.1) is 5.92 Å². The van der Waals surface area contributed by atoms with Gasteiger partial charge in [0.25, 0.3) is 5.91 Å². The third-order valence-corrected chi connectivity index (χ3v) is 5.41. The van der Waals surface area contributed by atoms with Crippen molar-refractivity contribution in [2.75, 3.05) is 13.1 Å². The quantitative estimate of drug-likeness (QED) is 0.917. The highest BCUT2D eigenvalue weighted by molar-refractivity contribution is 7.09. The number of carbonyl (C=O) groups excluding carboxylic acids is 1. The van der Waals surface area contributed by atoms with E-state index in [9.17, 15) is 4.79 Å². The molecule has 2 aromatic rings. The van der Waals surface area contributed by atoms with Crippen LogP contribution in [0.5, 0.6) is 0 Å². The van der Waals surface area contributed by atoms with Gasteiger partial charge in [0.15, 0.2) is 0 Å². The summed E-state index contributed by atoms with van der Waals surface area (Å²) >= 11 is 1.58. The highest BCUT2D eigenvalue weighted by Gasteiger charge is 2.32. The lowest BCUT2D eigenvalue weighted by Gasteiger charge is -2.20. The van der Waals surface area contributed by atoms with Gasteiger partial charge >= 0.3 is 0 Å². The van der Waals surface area contributed by atoms with Crippen LogP contribution in [0.25, 0.3) is 0 Å². The van der Waals surface area contributed by atoms with Crippen molar-refractivity contribution in [3.8, 4) is 0 Å². The molecule has 2 N–H and O–H groups in total. The van der Waals surface area contributed by atoms with E-state index < -0.39 is 0 Å². The van der Waals surface area contributed by atoms with Crippen molar-refractivity contribution < 1.29 is 4.79 Å². The first-order valence-electron chi connectivity index (χ1n) is 8.16. The van der Waals surface area contributed by atoms with Crippen LogP contribution in [-0.2, 0) is 12.8 Å². The van der Waals surface area contributed by atoms with Gasteiger partial charge in [-0.25, -0.2) is 4.98 Å². The van der Waals surface area contributed by atoms with Gasteiger partial charge in [0.05, 0.1) is 5.01 Å². The number of hydrogen-bond acceptors (Lipinski definition) is 4. The number of nitrogens with zero attached hydrogens (tertiary/aromatic N) is 2. The van der Waals surface area contributed by atoms with Crippen LogP contribution in [0.2, 0.25) is 0 Å². The third kappa shape index (κ3) is 3.79. The lowest BCUT2D eigenvalue weighted by atomic mass is 10.1. The van der Waals surface area contributed by atoms with Gasteiger partial charge in [-0.3, -0.25) is 4.79 Å². The standard InChI is InChI=1S/C18H23N3OS/c1-13-9-15(10-19)11-21(13)18(22)16-12-23-17(20-16)8-7-14-5-3-2-4-6-14/h2-6,12-13,15H,7-11,19H2,1H3. The van der Waals surface area contributed by atoms with Crippen LogP contribution in [-0.4, -0.2) is 34.9 Å². The van der Waals surface area contributed by atoms with Gasteiger partial charge in [-0.15, -0.1) is 11.3 Å². The molecule has 2 heterocycles. The van der Waals surface area contributed by atoms with Gasteiger partial charge in [0, 0.05) is 24.4 Å². The SMILES string of the molecule is CC1CC(CN)CN1C(=O)c1csc(CCc2ccccc2)n1. The van der Waals surface area contributed by atoms with E-state index in [-0.39, 0.29) is 11.9 Å². The van der Waals surface area contributed by atoms with Crippen LogP contribution in [0.4, 0.5) is 0 Å². The summed E-state index contributed by atoms with van der Waals surface area (Å²) in [6, 6.07) is 10.6. The number of carbonyl (C=O) groups is 1. The molecule has 2 unspecified atom stereocenters. The normalized spacial score (nSPS) is 20.9. The van der Waals surface area contributed by atoms with Crippen molar-refractivity contribution in [3.05, 3.63) is 52.0 Å². The Hall–Kier alpha value is -1.72. The second kappa shape index (κ2) is 7.23. The summed E-state index contributed by atoms with van der Waals surface area (Å²) in [4.78, 5) is 19.1. The number of aryl methyl sites for hydroxylation is 2. The maximum Gasteiger partial charge on any atom is 0.273 e. The average Bonchev–Trinajstić information content (AvgIpc) is 3.20. The largest absolute Gasteiger partial charge is 0.334 e. The minimum atomic E-state index is 0.0515. The molecule has 0 radical (unpaired) electrons. The minimum Gasteiger partial charge on any atom is -0.334 e. The number of nitrogens with two attached hydrogens (primary N) is 1. The molecule has 1 aromatic heterocycles. The first-order chi connectivity index (χ1) is 11.2. The number of thiazole rings is 1. The van der Waals surface area contributed by atoms with Crippen molar-refractivity contribution >= 4 is 17.2 Å². The van der Waals surface area contributed by atoms with E-state index in [0.29, 0.717) is 18.2 Å². The van der Waals surface area contributed by atoms with Crippen molar-refractivity contribution in [1.29, 1.82) is 0 Å². The van der Waals surface area contributed by atoms with Crippen molar-refractivity contribution in [1.82, 2.24) is 9.88 Å². The van der Waals surface area contributed by atoms with E-state index in [4.69, 9.17) is 5.73 Å². The molecule has 122 valence electrons. The Labute approximate surface area is 141 Å². The van der Waals surface area contributed by atoms with Crippen LogP contribution < -0.4 is 5.73 Å². The Morgan fingerprint density at radius 2 is 2.13 bits per heavy atom. The van der Waals surface area contributed by atoms with E-state index in [1.807, 2.05) is 16.3 Å². The molecule has 0 aliphatic carbocycles. The first kappa shape index (κ1) is 16.1. The fourth-order valence-corrected chi connectivity index (χ4v) is 3.94. The second-order valence-electron chi connectivity index (χ2n) is 6.26. The van der Waals surface area contributed by atoms with Crippen LogP contribution in [0.15, 0.2) is 35.7 Å². The molecule has 23 heavy (non-hydrogen) atoms. The molecular formula is C18H23N3OS. The molecule has 0 saturated carbocycles. The smallest absolute Gasteiger partial charge is 0.273 e. The minimum absolute atomic E-state index is 0.0515. The maximum atomic E-state index is 12.6. The topological polar surface area (TPSA) is 59.2 Å². The number of amides is 1. The zero-order chi connectivity index (χ0) is 16.2. The predicted molar refractivity (Wildman–Crippen MR) is 93.6 cm³/mol. The molecular weight excluding hydrogens is 306 g/mol. The van der Waals surface area contributed by atoms with Crippen molar-refractivity contribution in [2.24, 2.45) is 11.7 Å². The summed E-state index contributed by atoms with van der Waals surface area (Å²) in [6.07, 6.45) is 2.83. The van der Waals surface area contributed by atoms with Gasteiger partial charge in [-0.05, 0) is 37.8 Å². The van der Waals surface area contributed by atoms with E-state index in [1.54, 1.807) is 11.3 Å². The van der Waals surface area contributed by atoms with Gasteiger partial charge in [0.1, 0.15) is 5.69 Å². The summed E-state index contributed by atoms with van der Waals surface area (Å²) < 4.78 is 0. The Kier molecular flexibility index (Phi) is 5.08. The molecule has 1 aliphatic heterocycles. The maximum absolute atomic E-state index is 12.6. The summed E-state index contributed by atoms with van der Waals surface area (Å²) in [5.41, 5.74) is 7.63. The lowest BCUT2D eigenvalue weighted by Crippen LogP contribution is -2.34. The van der Waals surface area contributed by atoms with Crippen molar-refractivity contribution in [2.45, 2.75) is 32.2 Å². The van der Waals surface area contributed by atoms with Gasteiger partial charge in [-0.1, -0.05) is 30.3 Å². The highest BCUT2D eigenvalue weighted by Crippen LogP contribution is 2.24. The number of aromatic nitrogens is 1. The third-order valence-electron chi connectivity index (χ3n) is 4.50. The average molecular weight is 329 g/mol. The van der Waals surface area contributed by atoms with Gasteiger partial charge < -0.3 is 10.6 Å². The molecule has 4 nitrogen and oxygen atoms in total. The van der Waals surface area contributed by atoms with E-state index in [0.717, 1.165) is 30.8 Å². The number of rotatable bonds is 5. The van der Waals surface area contributed by atoms with E-state index in [2.05, 4.69) is 36.2 Å². The molecule has 1 amide bonds. The summed E-state index contributed by atoms with van der Waals surface area (Å²) in [7, 11) is 0. The zero-order valence-electron chi connectivity index (χ0n) is 13.4. The van der Waals surface area contributed by atoms with Crippen LogP contribution >= 0.6 is 11.3 Å². The molecule has 5 heteroatoms. The number of hydrogen-bond donors (Lipinski definition) is 1. The Morgan fingerprint density at radius 3 is 2.83 bits per heavy atom. The monoisotopic (exact) mass is 329 g/mol. The molecule has 1 fully saturated rings. The first-order valence-corrected chi connectivity index (χ1v) is 9.04. The summed E-state index contributed by atoms with van der Waals surface area (Å²) in [5.74, 6) is 0.473. The van der Waals surface area contributed by atoms with Crippen molar-refractivity contribution in [3.63, 3.8) is 0 Å². The van der Waals surface area contributed by atoms with Crippen LogP contribution in [0.1, 0.15) is 34.4 Å². The van der Waals surface area contributed by atoms with E-state index >= 15 is 0 Å². The Morgan fingerprint density at radius 1 is 1.35 bits per heavy atom. The molecule has 1 aromatic carbocycles. The highest BCUT2D eigenvalue weighted by atomic mass is 32.1. The molecule has 0 spiro atoms. The summed E-state index contributed by atoms with van der Waals surface area (Å²) in [6.45, 7) is 3.50. The molecule has 3 rings (SSSR count).